The molecule has 19 heteroatoms. The molecule has 0 heterocycles. The minimum Gasteiger partial charge on any atom is -0.462 e. The number of phosphoric acid groups is 2. The number of hydrogen-bond acceptors (Lipinski definition) is 15. The van der Waals surface area contributed by atoms with Crippen molar-refractivity contribution in [3.8, 4) is 0 Å². The molecule has 97 heavy (non-hydrogen) atoms. The molecule has 17 nitrogen and oxygen atoms in total. The summed E-state index contributed by atoms with van der Waals surface area (Å²) in [7, 11) is -9.91. The van der Waals surface area contributed by atoms with Gasteiger partial charge < -0.3 is 33.8 Å². The third-order valence-corrected chi connectivity index (χ3v) is 20.0. The Hall–Kier alpha value is -1.94. The summed E-state index contributed by atoms with van der Waals surface area (Å²) < 4.78 is 68.6. The van der Waals surface area contributed by atoms with Crippen LogP contribution < -0.4 is 0 Å². The first-order valence-corrected chi connectivity index (χ1v) is 43.3. The van der Waals surface area contributed by atoms with Gasteiger partial charge in [0.2, 0.25) is 0 Å². The molecule has 0 saturated heterocycles. The fraction of sp³-hybridized carbons (Fsp3) is 0.949. The SMILES string of the molecule is CCCCCCCCCCCCCC(=O)OC[C@H](COP(=O)(O)OC[C@H](O)COP(=O)(O)OC[C@@H](COC(=O)CCCCCCCCCCCCCCCCC(C)C)OC(=O)CCCCCCCCCCCCCCCCC(C)C)OC(=O)CCCCCCCCCCCC(C)C. The number of phosphoric ester groups is 2. The van der Waals surface area contributed by atoms with Gasteiger partial charge in [0.05, 0.1) is 26.4 Å². The summed E-state index contributed by atoms with van der Waals surface area (Å²) in [5.74, 6) is 0.217. The second-order valence-electron chi connectivity index (χ2n) is 29.5. The maximum Gasteiger partial charge on any atom is 0.472 e. The Morgan fingerprint density at radius 3 is 0.701 bits per heavy atom. The van der Waals surface area contributed by atoms with Crippen molar-refractivity contribution in [3.05, 3.63) is 0 Å². The average Bonchev–Trinajstić information content (AvgIpc) is 1.19. The third-order valence-electron chi connectivity index (χ3n) is 18.1. The molecule has 0 bridgehead atoms. The van der Waals surface area contributed by atoms with E-state index in [0.29, 0.717) is 25.7 Å². The highest BCUT2D eigenvalue weighted by Crippen LogP contribution is 2.45. The second-order valence-corrected chi connectivity index (χ2v) is 32.4. The van der Waals surface area contributed by atoms with Crippen LogP contribution in [0.25, 0.3) is 0 Å². The van der Waals surface area contributed by atoms with Crippen LogP contribution in [0, 0.1) is 17.8 Å². The van der Waals surface area contributed by atoms with E-state index < -0.39 is 97.5 Å². The number of carbonyl (C=O) groups excluding carboxylic acids is 4. The fourth-order valence-electron chi connectivity index (χ4n) is 12.0. The van der Waals surface area contributed by atoms with Gasteiger partial charge in [-0.05, 0) is 43.4 Å². The topological polar surface area (TPSA) is 237 Å². The molecule has 0 rings (SSSR count). The number of aliphatic hydroxyl groups excluding tert-OH is 1. The van der Waals surface area contributed by atoms with Gasteiger partial charge in [0.25, 0.3) is 0 Å². The normalized spacial score (nSPS) is 14.0. The molecule has 0 aromatic carbocycles. The first-order valence-electron chi connectivity index (χ1n) is 40.3. The zero-order valence-corrected chi connectivity index (χ0v) is 65.3. The Morgan fingerprint density at radius 1 is 0.278 bits per heavy atom. The van der Waals surface area contributed by atoms with E-state index in [9.17, 15) is 43.2 Å². The molecule has 0 amide bonds. The second kappa shape index (κ2) is 68.5. The van der Waals surface area contributed by atoms with Crippen molar-refractivity contribution < 1.29 is 80.2 Å². The lowest BCUT2D eigenvalue weighted by molar-refractivity contribution is -0.161. The van der Waals surface area contributed by atoms with Gasteiger partial charge in [0, 0.05) is 25.7 Å². The van der Waals surface area contributed by atoms with Gasteiger partial charge in [-0.15, -0.1) is 0 Å². The van der Waals surface area contributed by atoms with Gasteiger partial charge in [0.15, 0.2) is 12.2 Å². The maximum atomic E-state index is 13.1. The summed E-state index contributed by atoms with van der Waals surface area (Å²) in [4.78, 5) is 72.9. The predicted molar refractivity (Wildman–Crippen MR) is 395 cm³/mol. The van der Waals surface area contributed by atoms with Crippen LogP contribution in [0.15, 0.2) is 0 Å². The number of carbonyl (C=O) groups is 4. The Balaban J connectivity index is 5.25. The van der Waals surface area contributed by atoms with Crippen LogP contribution in [0.1, 0.15) is 402 Å². The molecule has 576 valence electrons. The Morgan fingerprint density at radius 2 is 0.474 bits per heavy atom. The minimum absolute atomic E-state index is 0.105. The van der Waals surface area contributed by atoms with E-state index >= 15 is 0 Å². The highest BCUT2D eigenvalue weighted by atomic mass is 31.2. The van der Waals surface area contributed by atoms with Crippen molar-refractivity contribution in [3.63, 3.8) is 0 Å². The number of aliphatic hydroxyl groups is 1. The van der Waals surface area contributed by atoms with E-state index in [-0.39, 0.29) is 25.7 Å². The molecule has 0 aromatic rings. The van der Waals surface area contributed by atoms with E-state index in [1.54, 1.807) is 0 Å². The molecule has 5 atom stereocenters. The summed E-state index contributed by atoms with van der Waals surface area (Å²) in [5, 5.41) is 10.6. The summed E-state index contributed by atoms with van der Waals surface area (Å²) >= 11 is 0. The van der Waals surface area contributed by atoms with Gasteiger partial charge in [-0.1, -0.05) is 350 Å². The first-order chi connectivity index (χ1) is 46.7. The first kappa shape index (κ1) is 95.1. The van der Waals surface area contributed by atoms with Crippen molar-refractivity contribution >= 4 is 39.5 Å². The minimum atomic E-state index is -4.96. The van der Waals surface area contributed by atoms with Crippen LogP contribution in [0.2, 0.25) is 0 Å². The van der Waals surface area contributed by atoms with E-state index in [1.807, 2.05) is 0 Å². The van der Waals surface area contributed by atoms with Gasteiger partial charge >= 0.3 is 39.5 Å². The Bertz CT molecular complexity index is 1890. The van der Waals surface area contributed by atoms with Crippen molar-refractivity contribution in [2.45, 2.75) is 420 Å². The van der Waals surface area contributed by atoms with Gasteiger partial charge in [0.1, 0.15) is 19.3 Å². The van der Waals surface area contributed by atoms with Gasteiger partial charge in [-0.3, -0.25) is 37.3 Å². The molecule has 0 aliphatic rings. The van der Waals surface area contributed by atoms with Crippen molar-refractivity contribution in [2.24, 2.45) is 17.8 Å². The number of esters is 4. The predicted octanol–water partition coefficient (Wildman–Crippen LogP) is 23.0. The molecule has 0 fully saturated rings. The largest absolute Gasteiger partial charge is 0.472 e. The third kappa shape index (κ3) is 72.2. The van der Waals surface area contributed by atoms with E-state index in [2.05, 4.69) is 48.5 Å². The van der Waals surface area contributed by atoms with Crippen molar-refractivity contribution in [1.82, 2.24) is 0 Å². The lowest BCUT2D eigenvalue weighted by Gasteiger charge is -2.21. The summed E-state index contributed by atoms with van der Waals surface area (Å²) in [6.45, 7) is 11.9. The molecule has 0 aliphatic carbocycles. The monoisotopic (exact) mass is 1420 g/mol. The lowest BCUT2D eigenvalue weighted by atomic mass is 10.0. The summed E-state index contributed by atoms with van der Waals surface area (Å²) in [6, 6.07) is 0. The lowest BCUT2D eigenvalue weighted by Crippen LogP contribution is -2.30. The number of rotatable bonds is 76. The van der Waals surface area contributed by atoms with Crippen LogP contribution in [-0.2, 0) is 65.4 Å². The molecular formula is C78H152O17P2. The van der Waals surface area contributed by atoms with Crippen LogP contribution in [0.4, 0.5) is 0 Å². The molecule has 0 aliphatic heterocycles. The molecule has 0 saturated carbocycles. The molecule has 3 N–H and O–H groups in total. The molecule has 2 unspecified atom stereocenters. The molecular weight excluding hydrogens is 1270 g/mol. The van der Waals surface area contributed by atoms with Crippen LogP contribution in [-0.4, -0.2) is 96.7 Å². The quantitative estimate of drug-likeness (QED) is 0.0222. The number of unbranched alkanes of at least 4 members (excludes halogenated alkanes) is 44. The molecule has 0 radical (unpaired) electrons. The van der Waals surface area contributed by atoms with Crippen molar-refractivity contribution in [2.75, 3.05) is 39.6 Å². The van der Waals surface area contributed by atoms with Gasteiger partial charge in [-0.2, -0.15) is 0 Å². The van der Waals surface area contributed by atoms with Crippen molar-refractivity contribution in [1.29, 1.82) is 0 Å². The zero-order valence-electron chi connectivity index (χ0n) is 63.5. The van der Waals surface area contributed by atoms with E-state index in [0.717, 1.165) is 108 Å². The number of hydrogen-bond donors (Lipinski definition) is 3. The fourth-order valence-corrected chi connectivity index (χ4v) is 13.5. The van der Waals surface area contributed by atoms with Crippen LogP contribution >= 0.6 is 15.6 Å². The smallest absolute Gasteiger partial charge is 0.462 e. The Kier molecular flexibility index (Phi) is 67.1. The highest BCUT2D eigenvalue weighted by molar-refractivity contribution is 7.47. The zero-order chi connectivity index (χ0) is 71.6. The van der Waals surface area contributed by atoms with Crippen LogP contribution in [0.5, 0.6) is 0 Å². The van der Waals surface area contributed by atoms with Crippen LogP contribution in [0.3, 0.4) is 0 Å². The summed E-state index contributed by atoms with van der Waals surface area (Å²) in [6.07, 6.45) is 55.4. The highest BCUT2D eigenvalue weighted by Gasteiger charge is 2.30. The average molecular weight is 1420 g/mol. The van der Waals surface area contributed by atoms with E-state index in [4.69, 9.17) is 37.0 Å². The Labute approximate surface area is 594 Å². The number of ether oxygens (including phenoxy) is 4. The van der Waals surface area contributed by atoms with E-state index in [1.165, 1.54) is 212 Å². The van der Waals surface area contributed by atoms with Gasteiger partial charge in [-0.25, -0.2) is 9.13 Å². The molecule has 0 spiro atoms. The molecule has 0 aromatic heterocycles. The standard InChI is InChI=1S/C78H152O17P2/c1-8-9-10-11-12-13-22-31-38-45-52-59-75(80)88-66-74(95-78(83)62-55-48-41-34-27-30-37-44-51-58-71(6)7)68-93-97(86,87)91-64-72(79)63-90-96(84,85)92-67-73(94-77(82)61-54-47-40-33-26-21-17-15-19-24-29-36-43-50-57-70(4)5)65-89-76(81)60-53-46-39-32-25-20-16-14-18-23-28-35-42-49-56-69(2)3/h69-74,79H,8-68H2,1-7H3,(H,84,85)(H,86,87)/t72-,73-,74-/m1/s1. The summed E-state index contributed by atoms with van der Waals surface area (Å²) in [5.41, 5.74) is 0. The maximum absolute atomic E-state index is 13.1.